The zero-order chi connectivity index (χ0) is 22.1. The fraction of sp³-hybridized carbons (Fsp3) is 0.385. The third-order valence-corrected chi connectivity index (χ3v) is 6.92. The van der Waals surface area contributed by atoms with Gasteiger partial charge in [-0.05, 0) is 31.0 Å². The van der Waals surface area contributed by atoms with Gasteiger partial charge in [-0.25, -0.2) is 0 Å². The van der Waals surface area contributed by atoms with Crippen molar-refractivity contribution in [1.29, 1.82) is 0 Å². The molecular weight excluding hydrogens is 402 g/mol. The molecule has 32 heavy (non-hydrogen) atoms. The van der Waals surface area contributed by atoms with Crippen molar-refractivity contribution < 1.29 is 14.3 Å². The molecule has 3 heterocycles. The van der Waals surface area contributed by atoms with Gasteiger partial charge in [0.05, 0.1) is 12.5 Å². The van der Waals surface area contributed by atoms with Gasteiger partial charge in [0.2, 0.25) is 11.8 Å². The second-order valence-electron chi connectivity index (χ2n) is 8.91. The van der Waals surface area contributed by atoms with Crippen molar-refractivity contribution >= 4 is 22.7 Å². The molecule has 2 N–H and O–H groups in total. The minimum absolute atomic E-state index is 0.00788. The number of nitrogens with zero attached hydrogens (tertiary/aromatic N) is 1. The first kappa shape index (κ1) is 20.6. The number of aromatic amines is 1. The number of carbonyl (C=O) groups excluding carboxylic acids is 2. The van der Waals surface area contributed by atoms with Gasteiger partial charge in [-0.2, -0.15) is 0 Å². The van der Waals surface area contributed by atoms with E-state index in [1.807, 2.05) is 66.6 Å². The number of aromatic nitrogens is 1. The Morgan fingerprint density at radius 2 is 2.00 bits per heavy atom. The van der Waals surface area contributed by atoms with Crippen molar-refractivity contribution in [3.63, 3.8) is 0 Å². The topological polar surface area (TPSA) is 74.4 Å². The molecule has 2 aliphatic rings. The van der Waals surface area contributed by atoms with Crippen molar-refractivity contribution in [2.24, 2.45) is 0 Å². The Labute approximate surface area is 187 Å². The zero-order valence-corrected chi connectivity index (χ0v) is 18.4. The SMILES string of the molecule is CCN1CCC2(CCC1=O)CC(NC(=O)Cc1c[nH]c3ccccc13)c1ccccc1O2. The monoisotopic (exact) mass is 431 g/mol. The van der Waals surface area contributed by atoms with Gasteiger partial charge in [-0.3, -0.25) is 9.59 Å². The van der Waals surface area contributed by atoms with Crippen LogP contribution in [0.1, 0.15) is 49.8 Å². The maximum atomic E-state index is 13.1. The maximum Gasteiger partial charge on any atom is 0.224 e. The van der Waals surface area contributed by atoms with Gasteiger partial charge in [-0.1, -0.05) is 36.4 Å². The first-order valence-electron chi connectivity index (χ1n) is 11.5. The molecule has 0 saturated carbocycles. The van der Waals surface area contributed by atoms with E-state index in [1.165, 1.54) is 0 Å². The van der Waals surface area contributed by atoms with Crippen molar-refractivity contribution in [3.8, 4) is 5.75 Å². The Balaban J connectivity index is 1.37. The molecule has 2 atom stereocenters. The quantitative estimate of drug-likeness (QED) is 0.653. The summed E-state index contributed by atoms with van der Waals surface area (Å²) >= 11 is 0. The lowest BCUT2D eigenvalue weighted by Crippen LogP contribution is -2.46. The average molecular weight is 432 g/mol. The van der Waals surface area contributed by atoms with Crippen LogP contribution in [0.15, 0.2) is 54.7 Å². The number of nitrogens with one attached hydrogen (secondary N) is 2. The highest BCUT2D eigenvalue weighted by molar-refractivity contribution is 5.89. The second kappa shape index (κ2) is 8.34. The van der Waals surface area contributed by atoms with Gasteiger partial charge in [0.15, 0.2) is 0 Å². The van der Waals surface area contributed by atoms with E-state index in [-0.39, 0.29) is 17.9 Å². The van der Waals surface area contributed by atoms with E-state index in [2.05, 4.69) is 10.3 Å². The highest BCUT2D eigenvalue weighted by Gasteiger charge is 2.43. The fourth-order valence-corrected chi connectivity index (χ4v) is 5.17. The zero-order valence-electron chi connectivity index (χ0n) is 18.4. The lowest BCUT2D eigenvalue weighted by atomic mass is 9.82. The molecule has 1 saturated heterocycles. The molecule has 6 heteroatoms. The summed E-state index contributed by atoms with van der Waals surface area (Å²) in [5.41, 5.74) is 2.60. The van der Waals surface area contributed by atoms with E-state index < -0.39 is 5.60 Å². The highest BCUT2D eigenvalue weighted by Crippen LogP contribution is 2.44. The maximum absolute atomic E-state index is 13.1. The molecule has 3 aromatic rings. The molecule has 0 radical (unpaired) electrons. The minimum atomic E-state index is -0.438. The van der Waals surface area contributed by atoms with Crippen LogP contribution in [0.2, 0.25) is 0 Å². The van der Waals surface area contributed by atoms with Gasteiger partial charge < -0.3 is 19.9 Å². The molecule has 1 fully saturated rings. The molecule has 2 aromatic carbocycles. The van der Waals surface area contributed by atoms with Crippen LogP contribution in [-0.4, -0.2) is 40.4 Å². The van der Waals surface area contributed by atoms with Crippen molar-refractivity contribution in [3.05, 3.63) is 65.9 Å². The van der Waals surface area contributed by atoms with E-state index in [0.29, 0.717) is 32.2 Å². The molecule has 166 valence electrons. The molecule has 2 aliphatic heterocycles. The molecule has 6 nitrogen and oxygen atoms in total. The van der Waals surface area contributed by atoms with E-state index in [4.69, 9.17) is 4.74 Å². The number of para-hydroxylation sites is 2. The van der Waals surface area contributed by atoms with Crippen LogP contribution < -0.4 is 10.1 Å². The number of amides is 2. The highest BCUT2D eigenvalue weighted by atomic mass is 16.5. The average Bonchev–Trinajstić information content (AvgIpc) is 3.14. The summed E-state index contributed by atoms with van der Waals surface area (Å²) in [6.45, 7) is 3.42. The summed E-state index contributed by atoms with van der Waals surface area (Å²) in [7, 11) is 0. The van der Waals surface area contributed by atoms with Crippen LogP contribution >= 0.6 is 0 Å². The van der Waals surface area contributed by atoms with Crippen LogP contribution in [0, 0.1) is 0 Å². The Bertz CT molecular complexity index is 1150. The van der Waals surface area contributed by atoms with E-state index in [9.17, 15) is 9.59 Å². The van der Waals surface area contributed by atoms with Crippen LogP contribution in [0.25, 0.3) is 10.9 Å². The molecular formula is C26H29N3O3. The van der Waals surface area contributed by atoms with E-state index in [0.717, 1.165) is 40.7 Å². The van der Waals surface area contributed by atoms with Gasteiger partial charge in [0, 0.05) is 55.0 Å². The van der Waals surface area contributed by atoms with Crippen LogP contribution in [0.5, 0.6) is 5.75 Å². The lowest BCUT2D eigenvalue weighted by Gasteiger charge is -2.42. The first-order valence-corrected chi connectivity index (χ1v) is 11.5. The summed E-state index contributed by atoms with van der Waals surface area (Å²) in [6, 6.07) is 15.8. The van der Waals surface area contributed by atoms with Gasteiger partial charge in [0.1, 0.15) is 11.4 Å². The smallest absolute Gasteiger partial charge is 0.224 e. The van der Waals surface area contributed by atoms with Crippen molar-refractivity contribution in [2.75, 3.05) is 13.1 Å². The first-order chi connectivity index (χ1) is 15.6. The molecule has 5 rings (SSSR count). The number of H-pyrrole nitrogens is 1. The molecule has 0 aliphatic carbocycles. The number of likely N-dealkylation sites (tertiary alicyclic amines) is 1. The van der Waals surface area contributed by atoms with Gasteiger partial charge in [0.25, 0.3) is 0 Å². The number of carbonyl (C=O) groups is 2. The van der Waals surface area contributed by atoms with Crippen LogP contribution in [0.3, 0.4) is 0 Å². The Morgan fingerprint density at radius 1 is 1.19 bits per heavy atom. The van der Waals surface area contributed by atoms with Crippen molar-refractivity contribution in [2.45, 2.75) is 50.7 Å². The third-order valence-electron chi connectivity index (χ3n) is 6.92. The standard InChI is InChI=1S/C26H29N3O3/c1-2-29-14-13-26(12-11-25(29)31)16-22(20-8-4-6-10-23(20)32-26)28-24(30)15-18-17-27-21-9-5-3-7-19(18)21/h3-10,17,22,27H,2,11-16H2,1H3,(H,28,30). The van der Waals surface area contributed by atoms with E-state index in [1.54, 1.807) is 0 Å². The Kier molecular flexibility index (Phi) is 5.37. The summed E-state index contributed by atoms with van der Waals surface area (Å²) in [5.74, 6) is 0.992. The molecule has 2 amide bonds. The van der Waals surface area contributed by atoms with Gasteiger partial charge in [-0.15, -0.1) is 0 Å². The van der Waals surface area contributed by atoms with Crippen molar-refractivity contribution in [1.82, 2.24) is 15.2 Å². The predicted molar refractivity (Wildman–Crippen MR) is 123 cm³/mol. The molecule has 0 bridgehead atoms. The fourth-order valence-electron chi connectivity index (χ4n) is 5.17. The summed E-state index contributed by atoms with van der Waals surface area (Å²) < 4.78 is 6.52. The second-order valence-corrected chi connectivity index (χ2v) is 8.91. The number of fused-ring (bicyclic) bond motifs is 2. The summed E-state index contributed by atoms with van der Waals surface area (Å²) in [5, 5.41) is 4.35. The third kappa shape index (κ3) is 3.85. The molecule has 2 unspecified atom stereocenters. The van der Waals surface area contributed by atoms with Crippen LogP contribution in [0.4, 0.5) is 0 Å². The van der Waals surface area contributed by atoms with Gasteiger partial charge >= 0.3 is 0 Å². The molecule has 1 spiro atoms. The number of rotatable bonds is 4. The summed E-state index contributed by atoms with van der Waals surface area (Å²) in [4.78, 5) is 30.7. The number of hydrogen-bond donors (Lipinski definition) is 2. The number of benzene rings is 2. The largest absolute Gasteiger partial charge is 0.487 e. The number of ether oxygens (including phenoxy) is 1. The molecule has 1 aromatic heterocycles. The number of hydrogen-bond acceptors (Lipinski definition) is 3. The summed E-state index contributed by atoms with van der Waals surface area (Å²) in [6.07, 6.45) is 4.83. The lowest BCUT2D eigenvalue weighted by molar-refractivity contribution is -0.130. The normalized spacial score (nSPS) is 23.0. The van der Waals surface area contributed by atoms with Crippen LogP contribution in [-0.2, 0) is 16.0 Å². The Morgan fingerprint density at radius 3 is 2.88 bits per heavy atom. The Hall–Kier alpha value is -3.28. The van der Waals surface area contributed by atoms with E-state index >= 15 is 0 Å². The predicted octanol–water partition coefficient (Wildman–Crippen LogP) is 4.12. The minimum Gasteiger partial charge on any atom is -0.487 e.